The Bertz CT molecular complexity index is 278. The summed E-state index contributed by atoms with van der Waals surface area (Å²) in [4.78, 5) is 11.9. The van der Waals surface area contributed by atoms with Crippen LogP contribution in [0.15, 0.2) is 5.10 Å². The van der Waals surface area contributed by atoms with Crippen molar-refractivity contribution in [2.75, 3.05) is 0 Å². The number of carbonyl (C=O) groups excluding carboxylic acids is 1. The second kappa shape index (κ2) is 5.46. The minimum absolute atomic E-state index is 0.232. The van der Waals surface area contributed by atoms with Crippen LogP contribution in [0.2, 0.25) is 0 Å². The molecule has 0 atom stereocenters. The highest BCUT2D eigenvalue weighted by Crippen LogP contribution is 2.25. The van der Waals surface area contributed by atoms with Crippen LogP contribution in [-0.4, -0.2) is 22.7 Å². The van der Waals surface area contributed by atoms with Gasteiger partial charge in [-0.2, -0.15) is 5.10 Å². The molecule has 2 rings (SSSR count). The fourth-order valence-electron chi connectivity index (χ4n) is 2.71. The third kappa shape index (κ3) is 2.63. The zero-order chi connectivity index (χ0) is 11.4. The van der Waals surface area contributed by atoms with Crippen molar-refractivity contribution in [1.29, 1.82) is 0 Å². The van der Waals surface area contributed by atoms with E-state index < -0.39 is 0 Å². The van der Waals surface area contributed by atoms with Crippen molar-refractivity contribution in [1.82, 2.24) is 5.01 Å². The van der Waals surface area contributed by atoms with Gasteiger partial charge in [0, 0.05) is 5.71 Å². The molecule has 16 heavy (non-hydrogen) atoms. The second-order valence-corrected chi connectivity index (χ2v) is 4.98. The van der Waals surface area contributed by atoms with Gasteiger partial charge in [-0.3, -0.25) is 4.79 Å². The SMILES string of the molecule is CCCC1=NN(C2CCCCCC2)C(=O)C1. The van der Waals surface area contributed by atoms with Crippen molar-refractivity contribution in [2.24, 2.45) is 5.10 Å². The lowest BCUT2D eigenvalue weighted by molar-refractivity contribution is -0.131. The quantitative estimate of drug-likeness (QED) is 0.675. The molecule has 0 aromatic carbocycles. The predicted octanol–water partition coefficient (Wildman–Crippen LogP) is 3.10. The van der Waals surface area contributed by atoms with Gasteiger partial charge in [-0.25, -0.2) is 5.01 Å². The summed E-state index contributed by atoms with van der Waals surface area (Å²) in [5, 5.41) is 6.33. The fraction of sp³-hybridized carbons (Fsp3) is 0.846. The molecule has 0 N–H and O–H groups in total. The smallest absolute Gasteiger partial charge is 0.248 e. The number of rotatable bonds is 3. The summed E-state index contributed by atoms with van der Waals surface area (Å²) in [7, 11) is 0. The molecular weight excluding hydrogens is 200 g/mol. The maximum Gasteiger partial charge on any atom is 0.248 e. The first-order valence-electron chi connectivity index (χ1n) is 6.69. The highest BCUT2D eigenvalue weighted by molar-refractivity contribution is 6.05. The van der Waals surface area contributed by atoms with Gasteiger partial charge in [-0.05, 0) is 19.3 Å². The van der Waals surface area contributed by atoms with Crippen LogP contribution in [0.25, 0.3) is 0 Å². The van der Waals surface area contributed by atoms with Crippen LogP contribution >= 0.6 is 0 Å². The van der Waals surface area contributed by atoms with Gasteiger partial charge < -0.3 is 0 Å². The van der Waals surface area contributed by atoms with Crippen molar-refractivity contribution >= 4 is 11.6 Å². The molecule has 0 bridgehead atoms. The van der Waals surface area contributed by atoms with Crippen LogP contribution < -0.4 is 0 Å². The summed E-state index contributed by atoms with van der Waals surface area (Å²) < 4.78 is 0. The van der Waals surface area contributed by atoms with E-state index in [1.54, 1.807) is 5.01 Å². The average Bonchev–Trinajstić information content (AvgIpc) is 2.52. The Labute approximate surface area is 97.9 Å². The third-order valence-electron chi connectivity index (χ3n) is 3.57. The second-order valence-electron chi connectivity index (χ2n) is 4.98. The number of hydrogen-bond acceptors (Lipinski definition) is 2. The molecule has 1 saturated carbocycles. The molecule has 0 saturated heterocycles. The molecule has 0 aromatic rings. The highest BCUT2D eigenvalue weighted by atomic mass is 16.2. The van der Waals surface area contributed by atoms with Crippen LogP contribution in [0.5, 0.6) is 0 Å². The molecule has 0 spiro atoms. The van der Waals surface area contributed by atoms with E-state index in [-0.39, 0.29) is 5.91 Å². The Morgan fingerprint density at radius 1 is 1.25 bits per heavy atom. The lowest BCUT2D eigenvalue weighted by Crippen LogP contribution is -2.32. The molecule has 1 heterocycles. The zero-order valence-corrected chi connectivity index (χ0v) is 10.2. The van der Waals surface area contributed by atoms with Crippen LogP contribution in [-0.2, 0) is 4.79 Å². The first kappa shape index (κ1) is 11.6. The van der Waals surface area contributed by atoms with E-state index in [2.05, 4.69) is 12.0 Å². The molecule has 1 aliphatic heterocycles. The molecule has 90 valence electrons. The normalized spacial score (nSPS) is 23.4. The number of hydrazone groups is 1. The summed E-state index contributed by atoms with van der Waals surface area (Å²) >= 11 is 0. The number of hydrogen-bond donors (Lipinski definition) is 0. The maximum atomic E-state index is 11.9. The Morgan fingerprint density at radius 3 is 2.56 bits per heavy atom. The van der Waals surface area contributed by atoms with Crippen molar-refractivity contribution < 1.29 is 4.79 Å². The Kier molecular flexibility index (Phi) is 3.97. The van der Waals surface area contributed by atoms with Gasteiger partial charge in [-0.1, -0.05) is 39.0 Å². The number of amides is 1. The summed E-state index contributed by atoms with van der Waals surface area (Å²) in [5.41, 5.74) is 1.09. The molecule has 1 amide bonds. The summed E-state index contributed by atoms with van der Waals surface area (Å²) in [6.45, 7) is 2.14. The van der Waals surface area contributed by atoms with Crippen LogP contribution in [0.4, 0.5) is 0 Å². The Balaban J connectivity index is 1.99. The molecule has 1 fully saturated rings. The molecule has 1 aliphatic carbocycles. The molecule has 0 unspecified atom stereocenters. The van der Waals surface area contributed by atoms with Crippen molar-refractivity contribution in [3.8, 4) is 0 Å². The first-order chi connectivity index (χ1) is 7.81. The summed E-state index contributed by atoms with van der Waals surface area (Å²) in [5.74, 6) is 0.232. The standard InChI is InChI=1S/C13H22N2O/c1-2-7-11-10-13(16)15(14-11)12-8-5-3-4-6-9-12/h12H,2-10H2,1H3. The monoisotopic (exact) mass is 222 g/mol. The maximum absolute atomic E-state index is 11.9. The molecule has 3 heteroatoms. The Morgan fingerprint density at radius 2 is 1.94 bits per heavy atom. The van der Waals surface area contributed by atoms with E-state index in [9.17, 15) is 4.79 Å². The van der Waals surface area contributed by atoms with E-state index in [1.807, 2.05) is 0 Å². The topological polar surface area (TPSA) is 32.7 Å². The van der Waals surface area contributed by atoms with Crippen molar-refractivity contribution in [3.63, 3.8) is 0 Å². The highest BCUT2D eigenvalue weighted by Gasteiger charge is 2.29. The molecule has 2 aliphatic rings. The fourth-order valence-corrected chi connectivity index (χ4v) is 2.71. The summed E-state index contributed by atoms with van der Waals surface area (Å²) in [6, 6.07) is 0.393. The average molecular weight is 222 g/mol. The van der Waals surface area contributed by atoms with E-state index >= 15 is 0 Å². The number of carbonyl (C=O) groups is 1. The zero-order valence-electron chi connectivity index (χ0n) is 10.2. The van der Waals surface area contributed by atoms with E-state index in [0.29, 0.717) is 12.5 Å². The molecule has 0 radical (unpaired) electrons. The van der Waals surface area contributed by atoms with E-state index in [0.717, 1.165) is 31.4 Å². The number of nitrogens with zero attached hydrogens (tertiary/aromatic N) is 2. The van der Waals surface area contributed by atoms with Crippen molar-refractivity contribution in [3.05, 3.63) is 0 Å². The van der Waals surface area contributed by atoms with Crippen LogP contribution in [0.3, 0.4) is 0 Å². The molecular formula is C13H22N2O. The van der Waals surface area contributed by atoms with Gasteiger partial charge in [0.2, 0.25) is 5.91 Å². The lowest BCUT2D eigenvalue weighted by Gasteiger charge is -2.22. The van der Waals surface area contributed by atoms with E-state index in [4.69, 9.17) is 0 Å². The van der Waals surface area contributed by atoms with Gasteiger partial charge in [0.05, 0.1) is 12.5 Å². The van der Waals surface area contributed by atoms with Gasteiger partial charge in [0.25, 0.3) is 0 Å². The summed E-state index contributed by atoms with van der Waals surface area (Å²) in [6.07, 6.45) is 10.1. The van der Waals surface area contributed by atoms with Crippen LogP contribution in [0, 0.1) is 0 Å². The minimum atomic E-state index is 0.232. The van der Waals surface area contributed by atoms with Gasteiger partial charge >= 0.3 is 0 Å². The van der Waals surface area contributed by atoms with Gasteiger partial charge in [0.15, 0.2) is 0 Å². The molecule has 3 nitrogen and oxygen atoms in total. The van der Waals surface area contributed by atoms with E-state index in [1.165, 1.54) is 25.7 Å². The minimum Gasteiger partial charge on any atom is -0.273 e. The third-order valence-corrected chi connectivity index (χ3v) is 3.57. The Hall–Kier alpha value is -0.860. The first-order valence-corrected chi connectivity index (χ1v) is 6.69. The largest absolute Gasteiger partial charge is 0.273 e. The van der Waals surface area contributed by atoms with Gasteiger partial charge in [0.1, 0.15) is 0 Å². The van der Waals surface area contributed by atoms with Gasteiger partial charge in [-0.15, -0.1) is 0 Å². The van der Waals surface area contributed by atoms with Crippen molar-refractivity contribution in [2.45, 2.75) is 70.8 Å². The lowest BCUT2D eigenvalue weighted by atomic mass is 10.1. The predicted molar refractivity (Wildman–Crippen MR) is 65.3 cm³/mol. The van der Waals surface area contributed by atoms with Crippen LogP contribution in [0.1, 0.15) is 64.7 Å². The molecule has 0 aromatic heterocycles.